The van der Waals surface area contributed by atoms with Crippen LogP contribution >= 0.6 is 39.0 Å². The first-order valence-corrected chi connectivity index (χ1v) is 14.8. The number of hydrogen-bond donors (Lipinski definition) is 2. The van der Waals surface area contributed by atoms with E-state index in [4.69, 9.17) is 5.73 Å². The van der Waals surface area contributed by atoms with Gasteiger partial charge in [-0.1, -0.05) is 89.3 Å². The number of hydrogen-bond acceptors (Lipinski definition) is 9. The molecule has 1 unspecified atom stereocenters. The van der Waals surface area contributed by atoms with Crippen molar-refractivity contribution in [1.29, 1.82) is 5.26 Å². The molecular formula is C28H25BrN6O2S2. The predicted octanol–water partition coefficient (Wildman–Crippen LogP) is 5.97. The highest BCUT2D eigenvalue weighted by atomic mass is 79.9. The van der Waals surface area contributed by atoms with Crippen molar-refractivity contribution < 1.29 is 9.59 Å². The molecule has 0 spiro atoms. The van der Waals surface area contributed by atoms with Crippen LogP contribution in [0.15, 0.2) is 86.1 Å². The summed E-state index contributed by atoms with van der Waals surface area (Å²) in [6, 6.07) is 19.2. The standard InChI is InChI=1S/C28H25BrN6O2S2/c1-28(2)12-20-24(21(36)13-28)23(16-7-4-3-5-8-16)19(14-30)25(31)35(20)26-33-34-27(39-26)38-15-22(37)32-18-10-6-9-17(29)11-18/h3-11,23H,12-13,15,31H2,1-2H3,(H,32,37). The van der Waals surface area contributed by atoms with E-state index in [-0.39, 0.29) is 28.7 Å². The lowest BCUT2D eigenvalue weighted by atomic mass is 9.69. The maximum absolute atomic E-state index is 13.6. The van der Waals surface area contributed by atoms with Gasteiger partial charge in [-0.05, 0) is 35.6 Å². The number of amides is 1. The number of carbonyl (C=O) groups excluding carboxylic acids is 2. The maximum atomic E-state index is 13.6. The summed E-state index contributed by atoms with van der Waals surface area (Å²) < 4.78 is 1.45. The lowest BCUT2D eigenvalue weighted by Crippen LogP contribution is -2.42. The second-order valence-corrected chi connectivity index (χ2v) is 13.2. The van der Waals surface area contributed by atoms with E-state index in [0.717, 1.165) is 15.7 Å². The number of Topliss-reactive ketones (excluding diaryl/α,β-unsaturated/α-hetero) is 1. The van der Waals surface area contributed by atoms with Gasteiger partial charge in [0.1, 0.15) is 5.82 Å². The minimum atomic E-state index is -0.533. The Hall–Kier alpha value is -3.46. The first kappa shape index (κ1) is 27.1. The molecule has 1 atom stereocenters. The summed E-state index contributed by atoms with van der Waals surface area (Å²) in [5.41, 5.74) is 9.57. The lowest BCUT2D eigenvalue weighted by molar-refractivity contribution is -0.118. The molecule has 3 aromatic rings. The van der Waals surface area contributed by atoms with Gasteiger partial charge in [0.05, 0.1) is 23.3 Å². The van der Waals surface area contributed by atoms with E-state index >= 15 is 0 Å². The number of nitrogens with zero attached hydrogens (tertiary/aromatic N) is 4. The molecule has 0 radical (unpaired) electrons. The summed E-state index contributed by atoms with van der Waals surface area (Å²) in [5.74, 6) is -0.311. The molecule has 1 aliphatic carbocycles. The summed E-state index contributed by atoms with van der Waals surface area (Å²) in [7, 11) is 0. The van der Waals surface area contributed by atoms with Crippen molar-refractivity contribution in [3.63, 3.8) is 0 Å². The predicted molar refractivity (Wildman–Crippen MR) is 157 cm³/mol. The Labute approximate surface area is 243 Å². The van der Waals surface area contributed by atoms with Gasteiger partial charge in [0.15, 0.2) is 10.1 Å². The topological polar surface area (TPSA) is 125 Å². The smallest absolute Gasteiger partial charge is 0.234 e. The molecule has 0 saturated carbocycles. The van der Waals surface area contributed by atoms with Gasteiger partial charge in [-0.3, -0.25) is 14.5 Å². The van der Waals surface area contributed by atoms with Crippen LogP contribution in [0, 0.1) is 16.7 Å². The molecule has 1 aromatic heterocycles. The molecule has 198 valence electrons. The second kappa shape index (κ2) is 11.0. The minimum Gasteiger partial charge on any atom is -0.384 e. The zero-order valence-corrected chi connectivity index (χ0v) is 24.5. The molecule has 2 aliphatic rings. The number of aromatic nitrogens is 2. The SMILES string of the molecule is CC1(C)CC(=O)C2=C(C1)N(c1nnc(SCC(=O)Nc3cccc(Br)c3)s1)C(N)=C(C#N)C2c1ccccc1. The number of halogens is 1. The molecule has 2 heterocycles. The van der Waals surface area contributed by atoms with Gasteiger partial charge in [-0.15, -0.1) is 10.2 Å². The summed E-state index contributed by atoms with van der Waals surface area (Å²) in [6.45, 7) is 4.10. The van der Waals surface area contributed by atoms with Crippen molar-refractivity contribution in [2.45, 2.75) is 36.9 Å². The van der Waals surface area contributed by atoms with Crippen molar-refractivity contribution in [2.24, 2.45) is 11.1 Å². The number of anilines is 2. The van der Waals surface area contributed by atoms with Crippen LogP contribution in [-0.2, 0) is 9.59 Å². The monoisotopic (exact) mass is 620 g/mol. The van der Waals surface area contributed by atoms with Crippen LogP contribution in [0.1, 0.15) is 38.2 Å². The van der Waals surface area contributed by atoms with E-state index in [1.807, 2.05) is 54.6 Å². The molecule has 39 heavy (non-hydrogen) atoms. The van der Waals surface area contributed by atoms with E-state index in [1.54, 1.807) is 4.90 Å². The number of nitrogens with two attached hydrogens (primary N) is 1. The summed E-state index contributed by atoms with van der Waals surface area (Å²) >= 11 is 5.93. The Morgan fingerprint density at radius 2 is 2.00 bits per heavy atom. The van der Waals surface area contributed by atoms with Crippen LogP contribution in [-0.4, -0.2) is 27.6 Å². The molecule has 5 rings (SSSR count). The van der Waals surface area contributed by atoms with Gasteiger partial charge in [0.25, 0.3) is 0 Å². The zero-order valence-electron chi connectivity index (χ0n) is 21.3. The Morgan fingerprint density at radius 1 is 1.23 bits per heavy atom. The van der Waals surface area contributed by atoms with Crippen molar-refractivity contribution >= 4 is 61.5 Å². The summed E-state index contributed by atoms with van der Waals surface area (Å²) in [4.78, 5) is 27.8. The van der Waals surface area contributed by atoms with E-state index in [2.05, 4.69) is 51.4 Å². The molecule has 0 fully saturated rings. The fourth-order valence-corrected chi connectivity index (χ4v) is 7.03. The summed E-state index contributed by atoms with van der Waals surface area (Å²) in [5, 5.41) is 22.1. The number of nitrogens with one attached hydrogen (secondary N) is 1. The number of benzene rings is 2. The number of allylic oxidation sites excluding steroid dienone is 3. The molecule has 2 aromatic carbocycles. The average Bonchev–Trinajstić information content (AvgIpc) is 3.35. The number of carbonyl (C=O) groups is 2. The van der Waals surface area contributed by atoms with Gasteiger partial charge in [-0.2, -0.15) is 5.26 Å². The van der Waals surface area contributed by atoms with Gasteiger partial charge in [0.2, 0.25) is 11.0 Å². The third-order valence-corrected chi connectivity index (χ3v) is 9.07. The molecule has 3 N–H and O–H groups in total. The highest BCUT2D eigenvalue weighted by molar-refractivity contribution is 9.10. The van der Waals surface area contributed by atoms with E-state index in [9.17, 15) is 14.9 Å². The van der Waals surface area contributed by atoms with E-state index in [0.29, 0.717) is 39.1 Å². The quantitative estimate of drug-likeness (QED) is 0.323. The molecule has 8 nitrogen and oxygen atoms in total. The minimum absolute atomic E-state index is 0.00341. The van der Waals surface area contributed by atoms with E-state index in [1.165, 1.54) is 23.1 Å². The summed E-state index contributed by atoms with van der Waals surface area (Å²) in [6.07, 6.45) is 0.972. The molecule has 1 aliphatic heterocycles. The van der Waals surface area contributed by atoms with Crippen molar-refractivity contribution in [3.8, 4) is 6.07 Å². The first-order valence-electron chi connectivity index (χ1n) is 12.2. The highest BCUT2D eigenvalue weighted by Crippen LogP contribution is 2.50. The van der Waals surface area contributed by atoms with Gasteiger partial charge < -0.3 is 11.1 Å². The largest absolute Gasteiger partial charge is 0.384 e. The van der Waals surface area contributed by atoms with Gasteiger partial charge in [0, 0.05) is 27.9 Å². The van der Waals surface area contributed by atoms with E-state index < -0.39 is 5.92 Å². The van der Waals surface area contributed by atoms with Crippen molar-refractivity contribution in [1.82, 2.24) is 10.2 Å². The lowest BCUT2D eigenvalue weighted by Gasteiger charge is -2.42. The number of nitriles is 1. The number of thioether (sulfide) groups is 1. The van der Waals surface area contributed by atoms with Gasteiger partial charge >= 0.3 is 0 Å². The van der Waals surface area contributed by atoms with Crippen molar-refractivity contribution in [3.05, 3.63) is 87.3 Å². The van der Waals surface area contributed by atoms with Crippen LogP contribution in [0.2, 0.25) is 0 Å². The first-order chi connectivity index (χ1) is 18.7. The fraction of sp³-hybridized carbons (Fsp3) is 0.250. The third-order valence-electron chi connectivity index (χ3n) is 6.54. The molecule has 11 heteroatoms. The Balaban J connectivity index is 1.45. The molecule has 0 bridgehead atoms. The number of ketones is 1. The normalized spacial score (nSPS) is 18.6. The van der Waals surface area contributed by atoms with Crippen LogP contribution in [0.4, 0.5) is 10.8 Å². The number of rotatable bonds is 6. The third kappa shape index (κ3) is 5.64. The maximum Gasteiger partial charge on any atom is 0.234 e. The average molecular weight is 622 g/mol. The van der Waals surface area contributed by atoms with Crippen LogP contribution in [0.5, 0.6) is 0 Å². The molecule has 1 amide bonds. The highest BCUT2D eigenvalue weighted by Gasteiger charge is 2.45. The van der Waals surface area contributed by atoms with Crippen LogP contribution < -0.4 is 16.0 Å². The zero-order chi connectivity index (χ0) is 27.7. The van der Waals surface area contributed by atoms with Gasteiger partial charge in [-0.25, -0.2) is 0 Å². The molecule has 0 saturated heterocycles. The van der Waals surface area contributed by atoms with Crippen LogP contribution in [0.25, 0.3) is 0 Å². The van der Waals surface area contributed by atoms with Crippen molar-refractivity contribution in [2.75, 3.05) is 16.0 Å². The Kier molecular flexibility index (Phi) is 7.62. The Bertz CT molecular complexity index is 1560. The Morgan fingerprint density at radius 3 is 2.72 bits per heavy atom. The molecular weight excluding hydrogens is 596 g/mol. The van der Waals surface area contributed by atoms with Crippen LogP contribution in [0.3, 0.4) is 0 Å². The fourth-order valence-electron chi connectivity index (χ4n) is 4.95. The second-order valence-electron chi connectivity index (χ2n) is 10.1.